The number of nitrogens with zero attached hydrogens (tertiary/aromatic N) is 2. The van der Waals surface area contributed by atoms with Crippen molar-refractivity contribution in [1.82, 2.24) is 9.80 Å². The lowest BCUT2D eigenvalue weighted by molar-refractivity contribution is -0.135. The lowest BCUT2D eigenvalue weighted by Crippen LogP contribution is -2.39. The second-order valence-corrected chi connectivity index (χ2v) is 10.8. The van der Waals surface area contributed by atoms with Crippen LogP contribution < -0.4 is 0 Å². The Morgan fingerprint density at radius 3 is 2.33 bits per heavy atom. The quantitative estimate of drug-likeness (QED) is 0.583. The molecule has 0 bridgehead atoms. The number of Topliss-reactive ketones (excluding diaryl/α,β-unsaturated/α-hetero) is 1. The summed E-state index contributed by atoms with van der Waals surface area (Å²) in [5, 5.41) is 0. The molecule has 2 aliphatic heterocycles. The van der Waals surface area contributed by atoms with Gasteiger partial charge in [0.2, 0.25) is 0 Å². The Labute approximate surface area is 199 Å². The van der Waals surface area contributed by atoms with Gasteiger partial charge in [-0.1, -0.05) is 65.3 Å². The predicted molar refractivity (Wildman–Crippen MR) is 131 cm³/mol. The Bertz CT molecular complexity index is 908. The molecule has 0 radical (unpaired) electrons. The van der Waals surface area contributed by atoms with Crippen molar-refractivity contribution in [1.29, 1.82) is 0 Å². The number of carbonyl (C=O) groups excluding carboxylic acids is 2. The van der Waals surface area contributed by atoms with E-state index in [1.807, 2.05) is 4.90 Å². The molecule has 3 unspecified atom stereocenters. The van der Waals surface area contributed by atoms with Gasteiger partial charge in [-0.25, -0.2) is 0 Å². The SMILES string of the molecule is CCN(CC)CCCN1C(=O)C2=C(C(=O)C3CCCCC3O2)C1c1ccc(C(C)(C)C)cc1. The van der Waals surface area contributed by atoms with E-state index in [-0.39, 0.29) is 35.2 Å². The van der Waals surface area contributed by atoms with Crippen LogP contribution in [-0.2, 0) is 19.7 Å². The molecule has 5 heteroatoms. The first-order valence-corrected chi connectivity index (χ1v) is 12.8. The average molecular weight is 453 g/mol. The van der Waals surface area contributed by atoms with Crippen molar-refractivity contribution in [3.63, 3.8) is 0 Å². The van der Waals surface area contributed by atoms with Crippen molar-refractivity contribution in [2.24, 2.45) is 5.92 Å². The largest absolute Gasteiger partial charge is 0.483 e. The van der Waals surface area contributed by atoms with Crippen LogP contribution in [0.2, 0.25) is 0 Å². The molecule has 1 aromatic rings. The van der Waals surface area contributed by atoms with Crippen molar-refractivity contribution in [3.05, 3.63) is 46.7 Å². The summed E-state index contributed by atoms with van der Waals surface area (Å²) in [4.78, 5) is 31.5. The lowest BCUT2D eigenvalue weighted by Gasteiger charge is -2.35. The number of hydrogen-bond acceptors (Lipinski definition) is 4. The molecule has 1 fully saturated rings. The number of hydrogen-bond donors (Lipinski definition) is 0. The van der Waals surface area contributed by atoms with E-state index in [1.54, 1.807) is 0 Å². The zero-order valence-electron chi connectivity index (χ0n) is 21.0. The molecule has 1 amide bonds. The van der Waals surface area contributed by atoms with Crippen LogP contribution in [0.25, 0.3) is 0 Å². The highest BCUT2D eigenvalue weighted by Crippen LogP contribution is 2.46. The summed E-state index contributed by atoms with van der Waals surface area (Å²) in [5.74, 6) is 0.269. The molecule has 0 aromatic heterocycles. The Morgan fingerprint density at radius 2 is 1.70 bits per heavy atom. The number of benzene rings is 1. The number of rotatable bonds is 7. The third kappa shape index (κ3) is 4.62. The van der Waals surface area contributed by atoms with Crippen LogP contribution in [0.3, 0.4) is 0 Å². The molecule has 1 saturated carbocycles. The van der Waals surface area contributed by atoms with Gasteiger partial charge in [-0.2, -0.15) is 0 Å². The molecular weight excluding hydrogens is 412 g/mol. The molecule has 2 heterocycles. The summed E-state index contributed by atoms with van der Waals surface area (Å²) >= 11 is 0. The fourth-order valence-electron chi connectivity index (χ4n) is 5.64. The summed E-state index contributed by atoms with van der Waals surface area (Å²) in [5.41, 5.74) is 2.91. The molecule has 3 atom stereocenters. The summed E-state index contributed by atoms with van der Waals surface area (Å²) in [6, 6.07) is 8.15. The average Bonchev–Trinajstić information content (AvgIpc) is 3.08. The number of fused-ring (bicyclic) bond motifs is 1. The van der Waals surface area contributed by atoms with E-state index in [0.29, 0.717) is 17.9 Å². The van der Waals surface area contributed by atoms with Crippen LogP contribution in [0.15, 0.2) is 35.6 Å². The van der Waals surface area contributed by atoms with Crippen molar-refractivity contribution in [2.45, 2.75) is 84.3 Å². The monoisotopic (exact) mass is 452 g/mol. The van der Waals surface area contributed by atoms with Gasteiger partial charge in [0.05, 0.1) is 17.5 Å². The number of carbonyl (C=O) groups is 2. The zero-order chi connectivity index (χ0) is 23.8. The van der Waals surface area contributed by atoms with Crippen molar-refractivity contribution >= 4 is 11.7 Å². The van der Waals surface area contributed by atoms with Crippen LogP contribution >= 0.6 is 0 Å². The molecular formula is C28H40N2O3. The van der Waals surface area contributed by atoms with E-state index in [9.17, 15) is 9.59 Å². The van der Waals surface area contributed by atoms with Gasteiger partial charge >= 0.3 is 0 Å². The van der Waals surface area contributed by atoms with Gasteiger partial charge in [-0.15, -0.1) is 0 Å². The topological polar surface area (TPSA) is 49.9 Å². The van der Waals surface area contributed by atoms with Crippen LogP contribution in [0, 0.1) is 5.92 Å². The van der Waals surface area contributed by atoms with Crippen LogP contribution in [0.5, 0.6) is 0 Å². The van der Waals surface area contributed by atoms with Gasteiger partial charge in [-0.3, -0.25) is 9.59 Å². The Kier molecular flexibility index (Phi) is 6.99. The Hall–Kier alpha value is -2.14. The fourth-order valence-corrected chi connectivity index (χ4v) is 5.64. The standard InChI is InChI=1S/C28H40N2O3/c1-6-29(7-2)17-10-18-30-24(19-13-15-20(16-14-19)28(3,4)5)23-25(31)21-11-8-9-12-22(21)33-26(23)27(30)32/h13-16,21-22,24H,6-12,17-18H2,1-5H3. The van der Waals surface area contributed by atoms with E-state index in [1.165, 1.54) is 5.56 Å². The Balaban J connectivity index is 1.66. The molecule has 5 nitrogen and oxygen atoms in total. The van der Waals surface area contributed by atoms with Gasteiger partial charge in [-0.05, 0) is 61.9 Å². The van der Waals surface area contributed by atoms with Gasteiger partial charge in [0, 0.05) is 6.54 Å². The minimum Gasteiger partial charge on any atom is -0.483 e. The number of ketones is 1. The first kappa shape index (κ1) is 24.0. The van der Waals surface area contributed by atoms with E-state index < -0.39 is 0 Å². The third-order valence-electron chi connectivity index (χ3n) is 7.72. The predicted octanol–water partition coefficient (Wildman–Crippen LogP) is 5.01. The first-order valence-electron chi connectivity index (χ1n) is 12.8. The summed E-state index contributed by atoms with van der Waals surface area (Å²) in [6.07, 6.45) is 4.61. The molecule has 4 rings (SSSR count). The molecule has 1 aromatic carbocycles. The fraction of sp³-hybridized carbons (Fsp3) is 0.643. The van der Waals surface area contributed by atoms with Crippen molar-refractivity contribution in [2.75, 3.05) is 26.2 Å². The highest BCUT2D eigenvalue weighted by Gasteiger charge is 2.51. The van der Waals surface area contributed by atoms with Crippen LogP contribution in [0.1, 0.15) is 83.9 Å². The van der Waals surface area contributed by atoms with E-state index in [4.69, 9.17) is 4.74 Å². The zero-order valence-corrected chi connectivity index (χ0v) is 21.0. The highest BCUT2D eigenvalue weighted by atomic mass is 16.5. The van der Waals surface area contributed by atoms with Crippen LogP contribution in [0.4, 0.5) is 0 Å². The van der Waals surface area contributed by atoms with E-state index in [0.717, 1.165) is 57.3 Å². The van der Waals surface area contributed by atoms with Crippen molar-refractivity contribution in [3.8, 4) is 0 Å². The minimum atomic E-state index is -0.339. The maximum atomic E-state index is 13.7. The molecule has 180 valence electrons. The van der Waals surface area contributed by atoms with E-state index >= 15 is 0 Å². The highest BCUT2D eigenvalue weighted by molar-refractivity contribution is 6.11. The number of ether oxygens (including phenoxy) is 1. The molecule has 0 saturated heterocycles. The normalized spacial score (nSPS) is 25.4. The maximum Gasteiger partial charge on any atom is 0.290 e. The van der Waals surface area contributed by atoms with Gasteiger partial charge in [0.1, 0.15) is 6.10 Å². The molecule has 0 spiro atoms. The molecule has 0 N–H and O–H groups in total. The second kappa shape index (κ2) is 9.61. The minimum absolute atomic E-state index is 0.0526. The van der Waals surface area contributed by atoms with Gasteiger partial charge < -0.3 is 14.5 Å². The molecule has 1 aliphatic carbocycles. The second-order valence-electron chi connectivity index (χ2n) is 10.8. The van der Waals surface area contributed by atoms with E-state index in [2.05, 4.69) is 63.8 Å². The summed E-state index contributed by atoms with van der Waals surface area (Å²) in [7, 11) is 0. The number of amides is 1. The van der Waals surface area contributed by atoms with Crippen LogP contribution in [-0.4, -0.2) is 53.8 Å². The van der Waals surface area contributed by atoms with Gasteiger partial charge in [0.25, 0.3) is 5.91 Å². The lowest BCUT2D eigenvalue weighted by atomic mass is 9.77. The van der Waals surface area contributed by atoms with Gasteiger partial charge in [0.15, 0.2) is 11.5 Å². The summed E-state index contributed by atoms with van der Waals surface area (Å²) < 4.78 is 6.28. The molecule has 3 aliphatic rings. The maximum absolute atomic E-state index is 13.7. The van der Waals surface area contributed by atoms with Crippen molar-refractivity contribution < 1.29 is 14.3 Å². The molecule has 33 heavy (non-hydrogen) atoms. The Morgan fingerprint density at radius 1 is 1.03 bits per heavy atom. The third-order valence-corrected chi connectivity index (χ3v) is 7.72. The first-order chi connectivity index (χ1) is 15.8. The summed E-state index contributed by atoms with van der Waals surface area (Å²) in [6.45, 7) is 14.5. The smallest absolute Gasteiger partial charge is 0.290 e.